The highest BCUT2D eigenvalue weighted by molar-refractivity contribution is 9.10. The van der Waals surface area contributed by atoms with Gasteiger partial charge in [0.2, 0.25) is 5.88 Å². The molecular weight excluding hydrogens is 450 g/mol. The number of hydrogen-bond donors (Lipinski definition) is 1. The summed E-state index contributed by atoms with van der Waals surface area (Å²) in [5, 5.41) is 3.02. The van der Waals surface area contributed by atoms with Gasteiger partial charge in [-0.15, -0.1) is 0 Å². The molecule has 2 amide bonds. The van der Waals surface area contributed by atoms with Gasteiger partial charge in [0, 0.05) is 35.9 Å². The van der Waals surface area contributed by atoms with Crippen LogP contribution in [0.25, 0.3) is 0 Å². The van der Waals surface area contributed by atoms with Crippen LogP contribution in [0.2, 0.25) is 0 Å². The first-order valence-corrected chi connectivity index (χ1v) is 10.4. The zero-order valence-corrected chi connectivity index (χ0v) is 17.7. The number of halogens is 1. The van der Waals surface area contributed by atoms with Crippen LogP contribution in [0, 0.1) is 0 Å². The molecule has 4 rings (SSSR count). The smallest absolute Gasteiger partial charge is 0.289 e. The van der Waals surface area contributed by atoms with Gasteiger partial charge in [0.25, 0.3) is 11.8 Å². The maximum atomic E-state index is 12.5. The SMILES string of the molecule is O=C(NC1CCN(C(=O)c2ccco2)CC1)c1ccc(Oc2cccc(Br)c2)nc1. The minimum Gasteiger partial charge on any atom is -0.459 e. The van der Waals surface area contributed by atoms with Gasteiger partial charge in [-0.1, -0.05) is 22.0 Å². The fourth-order valence-electron chi connectivity index (χ4n) is 3.28. The topological polar surface area (TPSA) is 84.7 Å². The number of ether oxygens (including phenoxy) is 1. The zero-order valence-electron chi connectivity index (χ0n) is 16.1. The van der Waals surface area contributed by atoms with Crippen LogP contribution in [-0.4, -0.2) is 40.8 Å². The molecule has 1 saturated heterocycles. The van der Waals surface area contributed by atoms with Crippen LogP contribution in [0.4, 0.5) is 0 Å². The molecule has 3 heterocycles. The highest BCUT2D eigenvalue weighted by Crippen LogP contribution is 2.23. The minimum absolute atomic E-state index is 0.00995. The predicted molar refractivity (Wildman–Crippen MR) is 114 cm³/mol. The molecule has 1 aromatic carbocycles. The Morgan fingerprint density at radius 2 is 1.97 bits per heavy atom. The van der Waals surface area contributed by atoms with Crippen LogP contribution in [0.5, 0.6) is 11.6 Å². The van der Waals surface area contributed by atoms with Gasteiger partial charge in [-0.3, -0.25) is 9.59 Å². The van der Waals surface area contributed by atoms with Crippen LogP contribution in [0.3, 0.4) is 0 Å². The summed E-state index contributed by atoms with van der Waals surface area (Å²) in [7, 11) is 0. The fourth-order valence-corrected chi connectivity index (χ4v) is 3.66. The normalized spacial score (nSPS) is 14.4. The number of furan rings is 1. The summed E-state index contributed by atoms with van der Waals surface area (Å²) in [5.74, 6) is 1.11. The summed E-state index contributed by atoms with van der Waals surface area (Å²) >= 11 is 3.40. The quantitative estimate of drug-likeness (QED) is 0.603. The van der Waals surface area contributed by atoms with Crippen molar-refractivity contribution in [3.63, 3.8) is 0 Å². The van der Waals surface area contributed by atoms with Gasteiger partial charge in [0.05, 0.1) is 11.8 Å². The van der Waals surface area contributed by atoms with E-state index in [1.807, 2.05) is 24.3 Å². The first kappa shape index (κ1) is 20.2. The number of nitrogens with one attached hydrogen (secondary N) is 1. The van der Waals surface area contributed by atoms with Crippen LogP contribution < -0.4 is 10.1 Å². The van der Waals surface area contributed by atoms with E-state index in [9.17, 15) is 9.59 Å². The molecule has 30 heavy (non-hydrogen) atoms. The summed E-state index contributed by atoms with van der Waals surface area (Å²) < 4.78 is 11.8. The van der Waals surface area contributed by atoms with E-state index >= 15 is 0 Å². The molecule has 7 nitrogen and oxygen atoms in total. The van der Waals surface area contributed by atoms with Crippen molar-refractivity contribution in [2.24, 2.45) is 0 Å². The third-order valence-corrected chi connectivity index (χ3v) is 5.36. The van der Waals surface area contributed by atoms with E-state index in [-0.39, 0.29) is 17.9 Å². The molecule has 1 aliphatic heterocycles. The number of rotatable bonds is 5. The van der Waals surface area contributed by atoms with E-state index in [2.05, 4.69) is 26.2 Å². The van der Waals surface area contributed by atoms with E-state index in [0.29, 0.717) is 48.9 Å². The minimum atomic E-state index is -0.188. The van der Waals surface area contributed by atoms with Gasteiger partial charge in [-0.2, -0.15) is 0 Å². The number of piperidine rings is 1. The Labute approximate surface area is 182 Å². The molecule has 8 heteroatoms. The Hall–Kier alpha value is -3.13. The van der Waals surface area contributed by atoms with Crippen molar-refractivity contribution >= 4 is 27.7 Å². The van der Waals surface area contributed by atoms with Crippen molar-refractivity contribution in [3.8, 4) is 11.6 Å². The summed E-state index contributed by atoms with van der Waals surface area (Å²) in [6.45, 7) is 1.14. The van der Waals surface area contributed by atoms with E-state index < -0.39 is 0 Å². The van der Waals surface area contributed by atoms with Crippen molar-refractivity contribution in [2.45, 2.75) is 18.9 Å². The Kier molecular flexibility index (Phi) is 6.13. The number of pyridine rings is 1. The average Bonchev–Trinajstić information content (AvgIpc) is 3.29. The monoisotopic (exact) mass is 469 g/mol. The van der Waals surface area contributed by atoms with Gasteiger partial charge >= 0.3 is 0 Å². The maximum absolute atomic E-state index is 12.5. The number of carbonyl (C=O) groups excluding carboxylic acids is 2. The lowest BCUT2D eigenvalue weighted by atomic mass is 10.0. The van der Waals surface area contributed by atoms with Gasteiger partial charge in [-0.25, -0.2) is 4.98 Å². The Morgan fingerprint density at radius 1 is 1.13 bits per heavy atom. The molecule has 1 aliphatic rings. The van der Waals surface area contributed by atoms with Gasteiger partial charge in [0.1, 0.15) is 5.75 Å². The number of nitrogens with zero attached hydrogens (tertiary/aromatic N) is 2. The third-order valence-electron chi connectivity index (χ3n) is 4.87. The first-order valence-electron chi connectivity index (χ1n) is 9.61. The average molecular weight is 470 g/mol. The molecular formula is C22H20BrN3O4. The molecule has 154 valence electrons. The Bertz CT molecular complexity index is 1010. The largest absolute Gasteiger partial charge is 0.459 e. The molecule has 3 aromatic rings. The van der Waals surface area contributed by atoms with Crippen LogP contribution >= 0.6 is 15.9 Å². The number of hydrogen-bond acceptors (Lipinski definition) is 5. The van der Waals surface area contributed by atoms with E-state index in [4.69, 9.17) is 9.15 Å². The van der Waals surface area contributed by atoms with Crippen molar-refractivity contribution in [1.82, 2.24) is 15.2 Å². The molecule has 0 unspecified atom stereocenters. The number of aromatic nitrogens is 1. The summed E-state index contributed by atoms with van der Waals surface area (Å²) in [6, 6.07) is 14.2. The lowest BCUT2D eigenvalue weighted by Crippen LogP contribution is -2.46. The van der Waals surface area contributed by atoms with Gasteiger partial charge < -0.3 is 19.4 Å². The molecule has 0 bridgehead atoms. The second-order valence-corrected chi connectivity index (χ2v) is 7.88. The van der Waals surface area contributed by atoms with Crippen LogP contribution in [0.1, 0.15) is 33.8 Å². The molecule has 0 atom stereocenters. The second-order valence-electron chi connectivity index (χ2n) is 6.96. The first-order chi connectivity index (χ1) is 14.6. The van der Waals surface area contributed by atoms with E-state index in [0.717, 1.165) is 4.47 Å². The Balaban J connectivity index is 1.28. The second kappa shape index (κ2) is 9.13. The van der Waals surface area contributed by atoms with Gasteiger partial charge in [0.15, 0.2) is 5.76 Å². The summed E-state index contributed by atoms with van der Waals surface area (Å²) in [4.78, 5) is 30.8. The number of amides is 2. The van der Waals surface area contributed by atoms with Gasteiger partial charge in [-0.05, 0) is 49.2 Å². The maximum Gasteiger partial charge on any atom is 0.289 e. The van der Waals surface area contributed by atoms with E-state index in [1.54, 1.807) is 29.2 Å². The highest BCUT2D eigenvalue weighted by Gasteiger charge is 2.26. The van der Waals surface area contributed by atoms with Crippen molar-refractivity contribution < 1.29 is 18.7 Å². The van der Waals surface area contributed by atoms with Crippen LogP contribution in [-0.2, 0) is 0 Å². The summed E-state index contributed by atoms with van der Waals surface area (Å²) in [6.07, 6.45) is 4.37. The van der Waals surface area contributed by atoms with Crippen LogP contribution in [0.15, 0.2) is 69.9 Å². The number of carbonyl (C=O) groups is 2. The lowest BCUT2D eigenvalue weighted by Gasteiger charge is -2.31. The molecule has 0 radical (unpaired) electrons. The molecule has 0 spiro atoms. The van der Waals surface area contributed by atoms with Crippen molar-refractivity contribution in [2.75, 3.05) is 13.1 Å². The lowest BCUT2D eigenvalue weighted by molar-refractivity contribution is 0.0667. The Morgan fingerprint density at radius 3 is 2.63 bits per heavy atom. The highest BCUT2D eigenvalue weighted by atomic mass is 79.9. The number of benzene rings is 1. The zero-order chi connectivity index (χ0) is 20.9. The molecule has 0 aliphatic carbocycles. The van der Waals surface area contributed by atoms with E-state index in [1.165, 1.54) is 12.5 Å². The molecule has 0 saturated carbocycles. The standard InChI is InChI=1S/C22H20BrN3O4/c23-16-3-1-4-18(13-16)30-20-7-6-15(14-24-20)21(27)25-17-8-10-26(11-9-17)22(28)19-5-2-12-29-19/h1-7,12-14,17H,8-11H2,(H,25,27). The number of likely N-dealkylation sites (tertiary alicyclic amines) is 1. The predicted octanol–water partition coefficient (Wildman–Crippen LogP) is 4.26. The third kappa shape index (κ3) is 4.88. The van der Waals surface area contributed by atoms with Crippen molar-refractivity contribution in [1.29, 1.82) is 0 Å². The molecule has 2 aromatic heterocycles. The fraction of sp³-hybridized carbons (Fsp3) is 0.227. The van der Waals surface area contributed by atoms with Crippen molar-refractivity contribution in [3.05, 3.63) is 76.8 Å². The summed E-state index contributed by atoms with van der Waals surface area (Å²) in [5.41, 5.74) is 0.464. The molecule has 1 N–H and O–H groups in total. The molecule has 1 fully saturated rings.